The summed E-state index contributed by atoms with van der Waals surface area (Å²) < 4.78 is 30.1. The molecule has 0 bridgehead atoms. The molecule has 0 aromatic heterocycles. The monoisotopic (exact) mass is 337 g/mol. The normalized spacial score (nSPS) is 10.0. The summed E-state index contributed by atoms with van der Waals surface area (Å²) in [6, 6.07) is 4.02. The van der Waals surface area contributed by atoms with E-state index < -0.39 is 18.0 Å². The van der Waals surface area contributed by atoms with Crippen LogP contribution in [0.3, 0.4) is 0 Å². The highest BCUT2D eigenvalue weighted by Gasteiger charge is 2.21. The molecule has 1 rings (SSSR count). The van der Waals surface area contributed by atoms with E-state index in [1.165, 1.54) is 6.07 Å². The van der Waals surface area contributed by atoms with Crippen molar-refractivity contribution in [3.05, 3.63) is 32.4 Å². The number of nitrogens with zero attached hydrogens (tertiary/aromatic N) is 1. The van der Waals surface area contributed by atoms with Crippen LogP contribution in [0.2, 0.25) is 0 Å². The lowest BCUT2D eigenvalue weighted by Crippen LogP contribution is -2.07. The van der Waals surface area contributed by atoms with Gasteiger partial charge >= 0.3 is 5.97 Å². The van der Waals surface area contributed by atoms with Crippen LogP contribution in [0.5, 0.6) is 0 Å². The number of hydrogen-bond acceptors (Lipinski definition) is 3. The van der Waals surface area contributed by atoms with Gasteiger partial charge in [-0.15, -0.1) is 0 Å². The molecular formula is C10H6F2INO2. The highest BCUT2D eigenvalue weighted by atomic mass is 127. The van der Waals surface area contributed by atoms with Crippen molar-refractivity contribution in [3.8, 4) is 6.07 Å². The lowest BCUT2D eigenvalue weighted by atomic mass is 10.0. The molecule has 6 heteroatoms. The Hall–Kier alpha value is -1.23. The first-order chi connectivity index (χ1) is 7.51. The number of methoxy groups -OCH3 is 1. The van der Waals surface area contributed by atoms with Gasteiger partial charge in [0, 0.05) is 9.13 Å². The number of halogens is 3. The predicted octanol–water partition coefficient (Wildman–Crippen LogP) is 2.89. The van der Waals surface area contributed by atoms with E-state index in [1.807, 2.05) is 0 Å². The number of carbonyl (C=O) groups excluding carboxylic acids is 1. The molecule has 0 saturated carbocycles. The Morgan fingerprint density at radius 1 is 1.56 bits per heavy atom. The van der Waals surface area contributed by atoms with E-state index in [4.69, 9.17) is 5.26 Å². The van der Waals surface area contributed by atoms with Crippen molar-refractivity contribution in [2.45, 2.75) is 6.43 Å². The van der Waals surface area contributed by atoms with Gasteiger partial charge in [0.25, 0.3) is 6.43 Å². The Bertz CT molecular complexity index is 469. The number of hydrogen-bond donors (Lipinski definition) is 0. The van der Waals surface area contributed by atoms with E-state index in [0.717, 1.165) is 13.2 Å². The lowest BCUT2D eigenvalue weighted by Gasteiger charge is -2.08. The van der Waals surface area contributed by atoms with Gasteiger partial charge in [0.05, 0.1) is 18.2 Å². The maximum atomic E-state index is 12.7. The number of alkyl halides is 2. The van der Waals surface area contributed by atoms with Gasteiger partial charge in [-0.1, -0.05) is 0 Å². The van der Waals surface area contributed by atoms with Crippen molar-refractivity contribution in [1.82, 2.24) is 0 Å². The molecule has 0 unspecified atom stereocenters. The molecule has 3 nitrogen and oxygen atoms in total. The second-order valence-electron chi connectivity index (χ2n) is 2.82. The highest BCUT2D eigenvalue weighted by molar-refractivity contribution is 14.1. The molecule has 0 heterocycles. The zero-order valence-electron chi connectivity index (χ0n) is 8.13. The highest BCUT2D eigenvalue weighted by Crippen LogP contribution is 2.27. The van der Waals surface area contributed by atoms with Gasteiger partial charge in [0.1, 0.15) is 6.07 Å². The second-order valence-corrected chi connectivity index (χ2v) is 3.99. The van der Waals surface area contributed by atoms with E-state index in [2.05, 4.69) is 4.74 Å². The number of nitriles is 1. The second kappa shape index (κ2) is 5.21. The zero-order valence-corrected chi connectivity index (χ0v) is 10.3. The summed E-state index contributed by atoms with van der Waals surface area (Å²) in [7, 11) is 1.11. The largest absolute Gasteiger partial charge is 0.465 e. The molecular weight excluding hydrogens is 331 g/mol. The van der Waals surface area contributed by atoms with Crippen molar-refractivity contribution in [2.24, 2.45) is 0 Å². The van der Waals surface area contributed by atoms with Crippen LogP contribution in [-0.4, -0.2) is 13.1 Å². The molecule has 0 N–H and O–H groups in total. The molecule has 1 aromatic rings. The smallest absolute Gasteiger partial charge is 0.338 e. The summed E-state index contributed by atoms with van der Waals surface area (Å²) in [5, 5.41) is 8.70. The molecule has 0 fully saturated rings. The minimum atomic E-state index is -2.82. The van der Waals surface area contributed by atoms with E-state index in [0.29, 0.717) is 3.57 Å². The van der Waals surface area contributed by atoms with Crippen molar-refractivity contribution < 1.29 is 18.3 Å². The number of rotatable bonds is 2. The third kappa shape index (κ3) is 2.47. The van der Waals surface area contributed by atoms with Crippen LogP contribution < -0.4 is 0 Å². The Morgan fingerprint density at radius 3 is 2.62 bits per heavy atom. The van der Waals surface area contributed by atoms with Crippen LogP contribution in [0.25, 0.3) is 0 Å². The van der Waals surface area contributed by atoms with Gasteiger partial charge in [-0.3, -0.25) is 0 Å². The van der Waals surface area contributed by atoms with Crippen LogP contribution in [-0.2, 0) is 4.74 Å². The molecule has 0 aliphatic carbocycles. The summed E-state index contributed by atoms with van der Waals surface area (Å²) in [6.45, 7) is 0. The van der Waals surface area contributed by atoms with E-state index in [1.54, 1.807) is 28.7 Å². The molecule has 0 amide bonds. The zero-order chi connectivity index (χ0) is 12.3. The first kappa shape index (κ1) is 12.8. The van der Waals surface area contributed by atoms with Crippen LogP contribution in [0.1, 0.15) is 27.9 Å². The topological polar surface area (TPSA) is 50.1 Å². The average molecular weight is 337 g/mol. The summed E-state index contributed by atoms with van der Waals surface area (Å²) in [5.74, 6) is -0.835. The van der Waals surface area contributed by atoms with Crippen molar-refractivity contribution in [3.63, 3.8) is 0 Å². The molecule has 0 aliphatic rings. The third-order valence-electron chi connectivity index (χ3n) is 1.90. The Kier molecular flexibility index (Phi) is 4.18. The molecule has 84 valence electrons. The van der Waals surface area contributed by atoms with Gasteiger partial charge in [-0.2, -0.15) is 5.26 Å². The third-order valence-corrected chi connectivity index (χ3v) is 2.79. The first-order valence-corrected chi connectivity index (χ1v) is 5.19. The van der Waals surface area contributed by atoms with Gasteiger partial charge in [0.15, 0.2) is 0 Å². The van der Waals surface area contributed by atoms with E-state index in [9.17, 15) is 13.6 Å². The fourth-order valence-corrected chi connectivity index (χ4v) is 1.73. The molecule has 0 saturated heterocycles. The van der Waals surface area contributed by atoms with E-state index >= 15 is 0 Å². The maximum Gasteiger partial charge on any atom is 0.338 e. The lowest BCUT2D eigenvalue weighted by molar-refractivity contribution is 0.0589. The van der Waals surface area contributed by atoms with Gasteiger partial charge in [0.2, 0.25) is 0 Å². The number of benzene rings is 1. The van der Waals surface area contributed by atoms with Crippen LogP contribution >= 0.6 is 22.6 Å². The maximum absolute atomic E-state index is 12.7. The molecule has 0 radical (unpaired) electrons. The van der Waals surface area contributed by atoms with E-state index in [-0.39, 0.29) is 11.1 Å². The molecule has 1 aromatic carbocycles. The van der Waals surface area contributed by atoms with Crippen molar-refractivity contribution >= 4 is 28.6 Å². The molecule has 0 atom stereocenters. The summed E-state index contributed by atoms with van der Waals surface area (Å²) in [4.78, 5) is 11.2. The molecule has 0 spiro atoms. The number of carbonyl (C=O) groups is 1. The fourth-order valence-electron chi connectivity index (χ4n) is 1.14. The Balaban J connectivity index is 3.43. The number of ether oxygens (including phenoxy) is 1. The summed E-state index contributed by atoms with van der Waals surface area (Å²) in [6.07, 6.45) is -2.82. The molecule has 0 aliphatic heterocycles. The quantitative estimate of drug-likeness (QED) is 0.616. The average Bonchev–Trinajstić information content (AvgIpc) is 2.27. The number of esters is 1. The van der Waals surface area contributed by atoms with Gasteiger partial charge < -0.3 is 4.74 Å². The van der Waals surface area contributed by atoms with Gasteiger partial charge in [-0.05, 0) is 34.7 Å². The standard InChI is InChI=1S/C10H6F2INO2/c1-16-10(15)7-3-8(13)5(4-14)2-6(7)9(11)12/h2-3,9H,1H3. The van der Waals surface area contributed by atoms with Crippen LogP contribution in [0.15, 0.2) is 12.1 Å². The summed E-state index contributed by atoms with van der Waals surface area (Å²) >= 11 is 1.80. The van der Waals surface area contributed by atoms with Crippen LogP contribution in [0.4, 0.5) is 8.78 Å². The minimum Gasteiger partial charge on any atom is -0.465 e. The Labute approximate surface area is 104 Å². The van der Waals surface area contributed by atoms with Crippen molar-refractivity contribution in [2.75, 3.05) is 7.11 Å². The summed E-state index contributed by atoms with van der Waals surface area (Å²) in [5.41, 5.74) is -0.576. The fraction of sp³-hybridized carbons (Fsp3) is 0.200. The van der Waals surface area contributed by atoms with Crippen molar-refractivity contribution in [1.29, 1.82) is 5.26 Å². The minimum absolute atomic E-state index is 0.114. The Morgan fingerprint density at radius 2 is 2.19 bits per heavy atom. The van der Waals surface area contributed by atoms with Crippen LogP contribution in [0, 0.1) is 14.9 Å². The predicted molar refractivity (Wildman–Crippen MR) is 60.2 cm³/mol. The first-order valence-electron chi connectivity index (χ1n) is 4.11. The SMILES string of the molecule is COC(=O)c1cc(I)c(C#N)cc1C(F)F. The van der Waals surface area contributed by atoms with Gasteiger partial charge in [-0.25, -0.2) is 13.6 Å². The molecule has 16 heavy (non-hydrogen) atoms.